The molecule has 1 aliphatic heterocycles. The van der Waals surface area contributed by atoms with Crippen LogP contribution in [0.15, 0.2) is 30.3 Å². The van der Waals surface area contributed by atoms with Gasteiger partial charge in [0.25, 0.3) is 5.91 Å². The number of nitrogens with zero attached hydrogens (tertiary/aromatic N) is 1. The maximum atomic E-state index is 11.6. The molecule has 1 fully saturated rings. The minimum Gasteiger partial charge on any atom is -0.341 e. The Morgan fingerprint density at radius 1 is 1.39 bits per heavy atom. The second-order valence-electron chi connectivity index (χ2n) is 4.58. The Morgan fingerprint density at radius 2 is 2.11 bits per heavy atom. The molecule has 2 atom stereocenters. The van der Waals surface area contributed by atoms with E-state index in [0.29, 0.717) is 0 Å². The summed E-state index contributed by atoms with van der Waals surface area (Å²) in [5.41, 5.74) is 1.24. The van der Waals surface area contributed by atoms with Crippen molar-refractivity contribution >= 4 is 5.91 Å². The first-order valence-electron chi connectivity index (χ1n) is 6.21. The van der Waals surface area contributed by atoms with Gasteiger partial charge in [-0.1, -0.05) is 36.3 Å². The number of benzene rings is 1. The maximum Gasteiger partial charge on any atom is 0.296 e. The van der Waals surface area contributed by atoms with Crippen molar-refractivity contribution in [3.8, 4) is 11.8 Å². The zero-order valence-corrected chi connectivity index (χ0v) is 10.8. The molecule has 0 aliphatic carbocycles. The van der Waals surface area contributed by atoms with Crippen LogP contribution in [0.25, 0.3) is 0 Å². The number of likely N-dealkylation sites (tertiary alicyclic amines) is 1. The largest absolute Gasteiger partial charge is 0.341 e. The van der Waals surface area contributed by atoms with Crippen LogP contribution in [-0.4, -0.2) is 30.4 Å². The number of amides is 1. The van der Waals surface area contributed by atoms with Gasteiger partial charge in [0.2, 0.25) is 0 Å². The van der Waals surface area contributed by atoms with Crippen LogP contribution in [0.3, 0.4) is 0 Å². The summed E-state index contributed by atoms with van der Waals surface area (Å²) in [6, 6.07) is 10.7. The molecular formula is C15H18N2O. The van der Waals surface area contributed by atoms with Gasteiger partial charge in [0, 0.05) is 6.54 Å². The van der Waals surface area contributed by atoms with E-state index in [1.165, 1.54) is 5.56 Å². The summed E-state index contributed by atoms with van der Waals surface area (Å²) in [6.45, 7) is 2.67. The lowest BCUT2D eigenvalue weighted by Gasteiger charge is -2.25. The Balaban J connectivity index is 2.15. The minimum absolute atomic E-state index is 0.144. The fourth-order valence-corrected chi connectivity index (χ4v) is 2.55. The number of rotatable bonds is 2. The van der Waals surface area contributed by atoms with E-state index in [4.69, 9.17) is 0 Å². The summed E-state index contributed by atoms with van der Waals surface area (Å²) in [4.78, 5) is 13.9. The first-order valence-corrected chi connectivity index (χ1v) is 6.21. The minimum atomic E-state index is -0.182. The number of nitrogens with one attached hydrogen (secondary N) is 1. The average Bonchev–Trinajstić information content (AvgIpc) is 2.72. The Hall–Kier alpha value is -1.79. The fraction of sp³-hybridized carbons (Fsp3) is 0.400. The van der Waals surface area contributed by atoms with E-state index in [1.54, 1.807) is 6.92 Å². The van der Waals surface area contributed by atoms with Gasteiger partial charge >= 0.3 is 0 Å². The molecule has 3 heteroatoms. The molecule has 0 bridgehead atoms. The lowest BCUT2D eigenvalue weighted by atomic mass is 10.0. The Kier molecular flexibility index (Phi) is 4.01. The Labute approximate surface area is 108 Å². The van der Waals surface area contributed by atoms with Gasteiger partial charge in [-0.05, 0) is 31.9 Å². The molecule has 0 spiro atoms. The van der Waals surface area contributed by atoms with E-state index in [1.807, 2.05) is 18.2 Å². The zero-order chi connectivity index (χ0) is 13.0. The maximum absolute atomic E-state index is 11.6. The Morgan fingerprint density at radius 3 is 2.78 bits per heavy atom. The predicted molar refractivity (Wildman–Crippen MR) is 71.8 cm³/mol. The SMILES string of the molecule is CC#CC(=O)NC1CCN(C)C1c1ccccc1. The highest BCUT2D eigenvalue weighted by Gasteiger charge is 2.33. The molecule has 1 N–H and O–H groups in total. The van der Waals surface area contributed by atoms with Crippen molar-refractivity contribution in [3.05, 3.63) is 35.9 Å². The second kappa shape index (κ2) is 5.70. The average molecular weight is 242 g/mol. The summed E-state index contributed by atoms with van der Waals surface area (Å²) in [6.07, 6.45) is 0.965. The molecule has 2 unspecified atom stereocenters. The van der Waals surface area contributed by atoms with E-state index < -0.39 is 0 Å². The van der Waals surface area contributed by atoms with Gasteiger partial charge in [-0.25, -0.2) is 0 Å². The fourth-order valence-electron chi connectivity index (χ4n) is 2.55. The number of hydrogen-bond donors (Lipinski definition) is 1. The predicted octanol–water partition coefficient (Wildman–Crippen LogP) is 1.57. The number of carbonyl (C=O) groups is 1. The molecule has 0 radical (unpaired) electrons. The molecule has 18 heavy (non-hydrogen) atoms. The third-order valence-electron chi connectivity index (χ3n) is 3.34. The monoisotopic (exact) mass is 242 g/mol. The molecule has 1 aliphatic rings. The molecule has 1 amide bonds. The van der Waals surface area contributed by atoms with Gasteiger partial charge in [0.15, 0.2) is 0 Å². The highest BCUT2D eigenvalue weighted by atomic mass is 16.1. The summed E-state index contributed by atoms with van der Waals surface area (Å²) in [5, 5.41) is 3.00. The van der Waals surface area contributed by atoms with E-state index in [9.17, 15) is 4.79 Å². The standard InChI is InChI=1S/C15H18N2O/c1-3-7-14(18)16-13-10-11-17(2)15(13)12-8-5-4-6-9-12/h4-6,8-9,13,15H,10-11H2,1-2H3,(H,16,18). The van der Waals surface area contributed by atoms with E-state index >= 15 is 0 Å². The molecule has 1 saturated heterocycles. The van der Waals surface area contributed by atoms with Crippen molar-refractivity contribution < 1.29 is 4.79 Å². The van der Waals surface area contributed by atoms with Crippen molar-refractivity contribution in [3.63, 3.8) is 0 Å². The molecule has 0 aromatic heterocycles. The third-order valence-corrected chi connectivity index (χ3v) is 3.34. The van der Waals surface area contributed by atoms with Gasteiger partial charge in [0.1, 0.15) is 0 Å². The molecule has 1 aromatic rings. The van der Waals surface area contributed by atoms with Crippen LogP contribution in [0.5, 0.6) is 0 Å². The Bertz CT molecular complexity index is 472. The van der Waals surface area contributed by atoms with Crippen LogP contribution in [0.4, 0.5) is 0 Å². The highest BCUT2D eigenvalue weighted by molar-refractivity contribution is 5.93. The quantitative estimate of drug-likeness (QED) is 0.798. The number of hydrogen-bond acceptors (Lipinski definition) is 2. The van der Waals surface area contributed by atoms with Crippen LogP contribution in [0, 0.1) is 11.8 Å². The van der Waals surface area contributed by atoms with Crippen molar-refractivity contribution in [1.82, 2.24) is 10.2 Å². The van der Waals surface area contributed by atoms with Crippen molar-refractivity contribution in [2.75, 3.05) is 13.6 Å². The van der Waals surface area contributed by atoms with E-state index in [0.717, 1.165) is 13.0 Å². The molecule has 3 nitrogen and oxygen atoms in total. The summed E-state index contributed by atoms with van der Waals surface area (Å²) in [5.74, 6) is 4.99. The van der Waals surface area contributed by atoms with Crippen molar-refractivity contribution in [2.24, 2.45) is 0 Å². The van der Waals surface area contributed by atoms with Crippen LogP contribution < -0.4 is 5.32 Å². The normalized spacial score (nSPS) is 23.2. The van der Waals surface area contributed by atoms with Crippen LogP contribution in [0.1, 0.15) is 24.9 Å². The van der Waals surface area contributed by atoms with Crippen molar-refractivity contribution in [2.45, 2.75) is 25.4 Å². The van der Waals surface area contributed by atoms with Gasteiger partial charge in [0.05, 0.1) is 12.1 Å². The summed E-state index contributed by atoms with van der Waals surface area (Å²) in [7, 11) is 2.09. The van der Waals surface area contributed by atoms with Gasteiger partial charge in [-0.2, -0.15) is 0 Å². The van der Waals surface area contributed by atoms with Gasteiger partial charge in [-0.15, -0.1) is 0 Å². The molecule has 1 heterocycles. The lowest BCUT2D eigenvalue weighted by molar-refractivity contribution is -0.116. The molecule has 2 rings (SSSR count). The third kappa shape index (κ3) is 2.72. The molecule has 0 saturated carbocycles. The van der Waals surface area contributed by atoms with Crippen LogP contribution >= 0.6 is 0 Å². The van der Waals surface area contributed by atoms with Gasteiger partial charge < -0.3 is 5.32 Å². The number of carbonyl (C=O) groups excluding carboxylic acids is 1. The summed E-state index contributed by atoms with van der Waals surface area (Å²) < 4.78 is 0. The first kappa shape index (κ1) is 12.7. The van der Waals surface area contributed by atoms with Crippen LogP contribution in [-0.2, 0) is 4.79 Å². The number of likely N-dealkylation sites (N-methyl/N-ethyl adjacent to an activating group) is 1. The summed E-state index contributed by atoms with van der Waals surface area (Å²) >= 11 is 0. The zero-order valence-electron chi connectivity index (χ0n) is 10.8. The molecular weight excluding hydrogens is 224 g/mol. The van der Waals surface area contributed by atoms with Gasteiger partial charge in [-0.3, -0.25) is 9.69 Å². The first-order chi connectivity index (χ1) is 8.72. The van der Waals surface area contributed by atoms with E-state index in [-0.39, 0.29) is 18.0 Å². The lowest BCUT2D eigenvalue weighted by Crippen LogP contribution is -2.38. The van der Waals surface area contributed by atoms with Crippen LogP contribution in [0.2, 0.25) is 0 Å². The molecule has 94 valence electrons. The van der Waals surface area contributed by atoms with E-state index in [2.05, 4.69) is 41.2 Å². The molecule has 1 aromatic carbocycles. The van der Waals surface area contributed by atoms with Crippen molar-refractivity contribution in [1.29, 1.82) is 0 Å². The highest BCUT2D eigenvalue weighted by Crippen LogP contribution is 2.30. The smallest absolute Gasteiger partial charge is 0.296 e. The topological polar surface area (TPSA) is 32.3 Å². The second-order valence-corrected chi connectivity index (χ2v) is 4.58.